The minimum atomic E-state index is -1.22. The van der Waals surface area contributed by atoms with Crippen molar-refractivity contribution in [3.8, 4) is 22.8 Å². The molecule has 0 aliphatic heterocycles. The summed E-state index contributed by atoms with van der Waals surface area (Å²) in [6, 6.07) is 3.91. The van der Waals surface area contributed by atoms with E-state index in [1.807, 2.05) is 0 Å². The van der Waals surface area contributed by atoms with Gasteiger partial charge in [-0.25, -0.2) is 4.79 Å². The normalized spacial score (nSPS) is 10.3. The van der Waals surface area contributed by atoms with Crippen molar-refractivity contribution in [3.05, 3.63) is 28.9 Å². The van der Waals surface area contributed by atoms with E-state index in [1.54, 1.807) is 0 Å². The molecule has 0 aliphatic rings. The van der Waals surface area contributed by atoms with E-state index in [0.717, 1.165) is 0 Å². The van der Waals surface area contributed by atoms with Crippen molar-refractivity contribution in [2.45, 2.75) is 0 Å². The standard InChI is InChI=1S/C11H8ClNO5/c1-17-10-4-8(14)5(2-6(10)12)9-3-7(11(15)16)13-18-9/h2-4,14H,1H3,(H,15,16). The molecule has 6 nitrogen and oxygen atoms in total. The lowest BCUT2D eigenvalue weighted by molar-refractivity contribution is 0.0686. The maximum atomic E-state index is 10.7. The number of carboxylic acid groups (broad SMARTS) is 1. The van der Waals surface area contributed by atoms with Crippen LogP contribution in [-0.2, 0) is 0 Å². The van der Waals surface area contributed by atoms with Gasteiger partial charge >= 0.3 is 5.97 Å². The Morgan fingerprint density at radius 2 is 2.17 bits per heavy atom. The Morgan fingerprint density at radius 1 is 1.44 bits per heavy atom. The second-order valence-corrected chi connectivity index (χ2v) is 3.79. The highest BCUT2D eigenvalue weighted by Gasteiger charge is 2.17. The van der Waals surface area contributed by atoms with Gasteiger partial charge in [-0.05, 0) is 6.07 Å². The molecule has 0 unspecified atom stereocenters. The number of ether oxygens (including phenoxy) is 1. The number of aromatic hydroxyl groups is 1. The first-order chi connectivity index (χ1) is 8.52. The van der Waals surface area contributed by atoms with Crippen LogP contribution in [-0.4, -0.2) is 28.4 Å². The molecule has 18 heavy (non-hydrogen) atoms. The largest absolute Gasteiger partial charge is 0.507 e. The number of hydrogen-bond donors (Lipinski definition) is 2. The molecule has 2 rings (SSSR count). The van der Waals surface area contributed by atoms with Crippen LogP contribution in [0.3, 0.4) is 0 Å². The van der Waals surface area contributed by atoms with Crippen molar-refractivity contribution in [2.24, 2.45) is 0 Å². The number of aromatic carboxylic acids is 1. The van der Waals surface area contributed by atoms with Crippen LogP contribution in [0.2, 0.25) is 5.02 Å². The fraction of sp³-hybridized carbons (Fsp3) is 0.0909. The maximum absolute atomic E-state index is 10.7. The Kier molecular flexibility index (Phi) is 3.12. The number of phenolic OH excluding ortho intramolecular Hbond substituents is 1. The lowest BCUT2D eigenvalue weighted by Gasteiger charge is -2.06. The van der Waals surface area contributed by atoms with E-state index in [4.69, 9.17) is 26.0 Å². The van der Waals surface area contributed by atoms with E-state index in [2.05, 4.69) is 5.16 Å². The highest BCUT2D eigenvalue weighted by Crippen LogP contribution is 2.37. The third-order valence-corrected chi connectivity index (χ3v) is 2.56. The van der Waals surface area contributed by atoms with Gasteiger partial charge in [0.25, 0.3) is 0 Å². The zero-order valence-electron chi connectivity index (χ0n) is 9.18. The third-order valence-electron chi connectivity index (χ3n) is 2.26. The SMILES string of the molecule is COc1cc(O)c(-c2cc(C(=O)O)no2)cc1Cl. The first kappa shape index (κ1) is 12.3. The number of aromatic nitrogens is 1. The Labute approximate surface area is 106 Å². The molecule has 0 fully saturated rings. The zero-order chi connectivity index (χ0) is 13.3. The molecule has 7 heteroatoms. The van der Waals surface area contributed by atoms with Gasteiger partial charge in [-0.2, -0.15) is 0 Å². The molecule has 1 heterocycles. The van der Waals surface area contributed by atoms with E-state index in [1.165, 1.54) is 25.3 Å². The summed E-state index contributed by atoms with van der Waals surface area (Å²) in [4.78, 5) is 10.7. The van der Waals surface area contributed by atoms with Crippen LogP contribution in [0.1, 0.15) is 10.5 Å². The molecule has 1 aromatic carbocycles. The van der Waals surface area contributed by atoms with Crippen LogP contribution in [0.5, 0.6) is 11.5 Å². The van der Waals surface area contributed by atoms with Crippen LogP contribution < -0.4 is 4.74 Å². The second-order valence-electron chi connectivity index (χ2n) is 3.39. The summed E-state index contributed by atoms with van der Waals surface area (Å²) in [5.41, 5.74) is -0.0165. The Bertz CT molecular complexity index is 607. The minimum absolute atomic E-state index is 0.106. The van der Waals surface area contributed by atoms with Crippen LogP contribution in [0.15, 0.2) is 22.7 Å². The fourth-order valence-corrected chi connectivity index (χ4v) is 1.64. The van der Waals surface area contributed by atoms with E-state index < -0.39 is 5.97 Å². The molecule has 0 saturated heterocycles. The summed E-state index contributed by atoms with van der Waals surface area (Å²) in [6.45, 7) is 0. The van der Waals surface area contributed by atoms with Gasteiger partial charge in [0.05, 0.1) is 17.7 Å². The average molecular weight is 270 g/mol. The number of carboxylic acids is 1. The molecule has 1 aromatic heterocycles. The van der Waals surface area contributed by atoms with Gasteiger partial charge in [0, 0.05) is 12.1 Å². The van der Waals surface area contributed by atoms with Gasteiger partial charge in [0.1, 0.15) is 11.5 Å². The lowest BCUT2D eigenvalue weighted by Crippen LogP contribution is -1.94. The maximum Gasteiger partial charge on any atom is 0.358 e. The average Bonchev–Trinajstić information content (AvgIpc) is 2.81. The summed E-state index contributed by atoms with van der Waals surface area (Å²) in [5.74, 6) is -0.959. The third kappa shape index (κ3) is 2.10. The number of phenols is 1. The smallest absolute Gasteiger partial charge is 0.358 e. The molecule has 2 aromatic rings. The van der Waals surface area contributed by atoms with Crippen LogP contribution >= 0.6 is 11.6 Å². The zero-order valence-corrected chi connectivity index (χ0v) is 9.93. The van der Waals surface area contributed by atoms with E-state index in [0.29, 0.717) is 5.75 Å². The Balaban J connectivity index is 2.50. The molecule has 0 atom stereocenters. The minimum Gasteiger partial charge on any atom is -0.507 e. The van der Waals surface area contributed by atoms with E-state index in [-0.39, 0.29) is 27.8 Å². The van der Waals surface area contributed by atoms with Crippen molar-refractivity contribution in [1.29, 1.82) is 0 Å². The number of rotatable bonds is 3. The summed E-state index contributed by atoms with van der Waals surface area (Å²) in [7, 11) is 1.41. The number of hydrogen-bond acceptors (Lipinski definition) is 5. The summed E-state index contributed by atoms with van der Waals surface area (Å²) in [5, 5.41) is 22.1. The first-order valence-electron chi connectivity index (χ1n) is 4.80. The topological polar surface area (TPSA) is 92.8 Å². The number of halogens is 1. The van der Waals surface area contributed by atoms with Crippen molar-refractivity contribution >= 4 is 17.6 Å². The summed E-state index contributed by atoms with van der Waals surface area (Å²) < 4.78 is 9.76. The number of benzene rings is 1. The monoisotopic (exact) mass is 269 g/mol. The molecule has 0 aliphatic carbocycles. The van der Waals surface area contributed by atoms with Crippen molar-refractivity contribution in [1.82, 2.24) is 5.16 Å². The fourth-order valence-electron chi connectivity index (χ4n) is 1.40. The number of carbonyl (C=O) groups is 1. The van der Waals surface area contributed by atoms with Crippen molar-refractivity contribution < 1.29 is 24.3 Å². The van der Waals surface area contributed by atoms with Gasteiger partial charge in [-0.1, -0.05) is 16.8 Å². The quantitative estimate of drug-likeness (QED) is 0.889. The predicted octanol–water partition coefficient (Wildman–Crippen LogP) is 2.41. The highest BCUT2D eigenvalue weighted by molar-refractivity contribution is 6.32. The number of nitrogens with zero attached hydrogens (tertiary/aromatic N) is 1. The van der Waals surface area contributed by atoms with E-state index >= 15 is 0 Å². The molecule has 94 valence electrons. The Hall–Kier alpha value is -2.21. The highest BCUT2D eigenvalue weighted by atomic mass is 35.5. The number of methoxy groups -OCH3 is 1. The molecule has 0 amide bonds. The summed E-state index contributed by atoms with van der Waals surface area (Å²) in [6.07, 6.45) is 0. The Morgan fingerprint density at radius 3 is 2.72 bits per heavy atom. The molecular weight excluding hydrogens is 262 g/mol. The molecule has 0 bridgehead atoms. The van der Waals surface area contributed by atoms with Crippen molar-refractivity contribution in [2.75, 3.05) is 7.11 Å². The van der Waals surface area contributed by atoms with Gasteiger partial charge < -0.3 is 19.5 Å². The lowest BCUT2D eigenvalue weighted by atomic mass is 10.1. The van der Waals surface area contributed by atoms with Crippen LogP contribution in [0.25, 0.3) is 11.3 Å². The second kappa shape index (κ2) is 4.58. The summed E-state index contributed by atoms with van der Waals surface area (Å²) >= 11 is 5.91. The van der Waals surface area contributed by atoms with Gasteiger partial charge in [-0.3, -0.25) is 0 Å². The molecule has 2 N–H and O–H groups in total. The van der Waals surface area contributed by atoms with Gasteiger partial charge in [0.15, 0.2) is 11.5 Å². The van der Waals surface area contributed by atoms with Gasteiger partial charge in [-0.15, -0.1) is 0 Å². The van der Waals surface area contributed by atoms with Gasteiger partial charge in [0.2, 0.25) is 0 Å². The van der Waals surface area contributed by atoms with Crippen LogP contribution in [0, 0.1) is 0 Å². The molecule has 0 radical (unpaired) electrons. The first-order valence-corrected chi connectivity index (χ1v) is 5.17. The van der Waals surface area contributed by atoms with Crippen LogP contribution in [0.4, 0.5) is 0 Å². The molecular formula is C11H8ClNO5. The van der Waals surface area contributed by atoms with E-state index in [9.17, 15) is 9.90 Å². The van der Waals surface area contributed by atoms with Crippen molar-refractivity contribution in [3.63, 3.8) is 0 Å². The molecule has 0 saturated carbocycles. The predicted molar refractivity (Wildman–Crippen MR) is 62.1 cm³/mol. The molecule has 0 spiro atoms.